The third kappa shape index (κ3) is 2.95. The zero-order valence-corrected chi connectivity index (χ0v) is 17.6. The second-order valence-electron chi connectivity index (χ2n) is 7.37. The molecule has 31 heavy (non-hydrogen) atoms. The number of carbonyl (C=O) groups is 2. The molecular formula is C23H18N4O3S. The number of pyridine rings is 1. The van der Waals surface area contributed by atoms with Gasteiger partial charge in [-0.05, 0) is 31.5 Å². The number of fused-ring (bicyclic) bond motifs is 1. The lowest BCUT2D eigenvalue weighted by Gasteiger charge is -2.23. The molecule has 1 amide bonds. The number of nitrogens with zero attached hydrogens (tertiary/aromatic N) is 4. The Morgan fingerprint density at radius 2 is 1.87 bits per heavy atom. The zero-order valence-electron chi connectivity index (χ0n) is 16.8. The van der Waals surface area contributed by atoms with Crippen molar-refractivity contribution < 1.29 is 14.7 Å². The van der Waals surface area contributed by atoms with Gasteiger partial charge in [0.2, 0.25) is 0 Å². The molecule has 1 unspecified atom stereocenters. The SMILES string of the molecule is Cc1ccc(C2/C(=C(\O)c3c(C)nc4ccccn34)C(=O)C(=O)N2c2nccs2)cc1. The Morgan fingerprint density at radius 3 is 2.58 bits per heavy atom. The quantitative estimate of drug-likeness (QED) is 0.301. The van der Waals surface area contributed by atoms with Crippen LogP contribution in [0.5, 0.6) is 0 Å². The van der Waals surface area contributed by atoms with Gasteiger partial charge in [-0.3, -0.25) is 18.9 Å². The number of rotatable bonds is 3. The van der Waals surface area contributed by atoms with E-state index in [0.717, 1.165) is 5.56 Å². The highest BCUT2D eigenvalue weighted by Gasteiger charge is 2.48. The van der Waals surface area contributed by atoms with E-state index in [1.165, 1.54) is 16.2 Å². The number of imidazole rings is 1. The normalized spacial score (nSPS) is 18.3. The zero-order chi connectivity index (χ0) is 21.7. The Labute approximate surface area is 181 Å². The number of hydrogen-bond donors (Lipinski definition) is 1. The van der Waals surface area contributed by atoms with Gasteiger partial charge in [-0.15, -0.1) is 11.3 Å². The van der Waals surface area contributed by atoms with Crippen molar-refractivity contribution in [3.05, 3.63) is 88.3 Å². The number of carbonyl (C=O) groups excluding carboxylic acids is 2. The average Bonchev–Trinajstić information content (AvgIpc) is 3.45. The Kier molecular flexibility index (Phi) is 4.44. The highest BCUT2D eigenvalue weighted by molar-refractivity contribution is 7.14. The minimum Gasteiger partial charge on any atom is -0.505 e. The summed E-state index contributed by atoms with van der Waals surface area (Å²) in [5.74, 6) is -1.71. The van der Waals surface area contributed by atoms with Crippen molar-refractivity contribution in [3.8, 4) is 0 Å². The molecule has 0 spiro atoms. The summed E-state index contributed by atoms with van der Waals surface area (Å²) in [7, 11) is 0. The van der Waals surface area contributed by atoms with E-state index in [1.54, 1.807) is 29.1 Å². The Bertz CT molecular complexity index is 1350. The summed E-state index contributed by atoms with van der Waals surface area (Å²) in [6.07, 6.45) is 3.35. The molecule has 0 aliphatic carbocycles. The lowest BCUT2D eigenvalue weighted by atomic mass is 9.96. The number of thiazole rings is 1. The molecule has 1 aliphatic heterocycles. The van der Waals surface area contributed by atoms with Gasteiger partial charge < -0.3 is 5.11 Å². The first-order valence-electron chi connectivity index (χ1n) is 9.68. The molecule has 1 atom stereocenters. The van der Waals surface area contributed by atoms with Crippen LogP contribution in [0.25, 0.3) is 11.4 Å². The van der Waals surface area contributed by atoms with Crippen molar-refractivity contribution in [1.82, 2.24) is 14.4 Å². The number of amides is 1. The van der Waals surface area contributed by atoms with Crippen molar-refractivity contribution >= 4 is 39.6 Å². The number of aliphatic hydroxyl groups is 1. The number of anilines is 1. The molecule has 1 aliphatic rings. The summed E-state index contributed by atoms with van der Waals surface area (Å²) in [5, 5.41) is 13.5. The van der Waals surface area contributed by atoms with E-state index in [4.69, 9.17) is 0 Å². The average molecular weight is 430 g/mol. The molecule has 0 saturated carbocycles. The molecule has 1 aromatic carbocycles. The Hall–Kier alpha value is -3.78. The second kappa shape index (κ2) is 7.17. The van der Waals surface area contributed by atoms with Crippen LogP contribution in [0.4, 0.5) is 5.13 Å². The predicted molar refractivity (Wildman–Crippen MR) is 118 cm³/mol. The minimum absolute atomic E-state index is 0.0257. The maximum atomic E-state index is 13.2. The number of benzene rings is 1. The lowest BCUT2D eigenvalue weighted by molar-refractivity contribution is -0.132. The summed E-state index contributed by atoms with van der Waals surface area (Å²) in [4.78, 5) is 36.3. The highest BCUT2D eigenvalue weighted by Crippen LogP contribution is 2.43. The topological polar surface area (TPSA) is 87.8 Å². The first-order chi connectivity index (χ1) is 15.0. The fourth-order valence-electron chi connectivity index (χ4n) is 3.96. The molecular weight excluding hydrogens is 412 g/mol. The summed E-state index contributed by atoms with van der Waals surface area (Å²) in [6, 6.07) is 12.2. The van der Waals surface area contributed by atoms with Crippen LogP contribution in [0.2, 0.25) is 0 Å². The maximum absolute atomic E-state index is 13.2. The molecule has 0 radical (unpaired) electrons. The fourth-order valence-corrected chi connectivity index (χ4v) is 4.62. The summed E-state index contributed by atoms with van der Waals surface area (Å²) >= 11 is 1.26. The van der Waals surface area contributed by atoms with Crippen molar-refractivity contribution in [2.24, 2.45) is 0 Å². The van der Waals surface area contributed by atoms with Gasteiger partial charge in [0.15, 0.2) is 10.9 Å². The van der Waals surface area contributed by atoms with E-state index < -0.39 is 17.7 Å². The van der Waals surface area contributed by atoms with Crippen LogP contribution in [0.1, 0.15) is 28.6 Å². The van der Waals surface area contributed by atoms with E-state index in [2.05, 4.69) is 9.97 Å². The van der Waals surface area contributed by atoms with E-state index in [1.807, 2.05) is 49.4 Å². The van der Waals surface area contributed by atoms with Gasteiger partial charge >= 0.3 is 5.91 Å². The molecule has 154 valence electrons. The summed E-state index contributed by atoms with van der Waals surface area (Å²) in [5.41, 5.74) is 3.39. The van der Waals surface area contributed by atoms with Crippen LogP contribution in [0.15, 0.2) is 65.8 Å². The van der Waals surface area contributed by atoms with E-state index in [0.29, 0.717) is 27.7 Å². The van der Waals surface area contributed by atoms with E-state index in [-0.39, 0.29) is 11.3 Å². The minimum atomic E-state index is -0.791. The van der Waals surface area contributed by atoms with Crippen LogP contribution >= 0.6 is 11.3 Å². The fraction of sp³-hybridized carbons (Fsp3) is 0.130. The van der Waals surface area contributed by atoms with Gasteiger partial charge in [0.25, 0.3) is 5.78 Å². The molecule has 1 saturated heterocycles. The molecule has 7 nitrogen and oxygen atoms in total. The maximum Gasteiger partial charge on any atom is 0.301 e. The van der Waals surface area contributed by atoms with Crippen molar-refractivity contribution in [1.29, 1.82) is 0 Å². The van der Waals surface area contributed by atoms with Crippen molar-refractivity contribution in [2.45, 2.75) is 19.9 Å². The van der Waals surface area contributed by atoms with E-state index in [9.17, 15) is 14.7 Å². The molecule has 1 fully saturated rings. The molecule has 5 rings (SSSR count). The van der Waals surface area contributed by atoms with Gasteiger partial charge in [-0.25, -0.2) is 9.97 Å². The molecule has 8 heteroatoms. The monoisotopic (exact) mass is 430 g/mol. The summed E-state index contributed by atoms with van der Waals surface area (Å²) in [6.45, 7) is 3.73. The van der Waals surface area contributed by atoms with Gasteiger partial charge in [0, 0.05) is 17.8 Å². The molecule has 1 N–H and O–H groups in total. The van der Waals surface area contributed by atoms with E-state index >= 15 is 0 Å². The number of aryl methyl sites for hydroxylation is 2. The third-order valence-electron chi connectivity index (χ3n) is 5.39. The second-order valence-corrected chi connectivity index (χ2v) is 8.24. The van der Waals surface area contributed by atoms with Crippen LogP contribution in [0.3, 0.4) is 0 Å². The number of Topliss-reactive ketones (excluding diaryl/α,β-unsaturated/α-hetero) is 1. The van der Waals surface area contributed by atoms with Crippen LogP contribution < -0.4 is 4.90 Å². The van der Waals surface area contributed by atoms with Crippen LogP contribution in [0, 0.1) is 13.8 Å². The lowest BCUT2D eigenvalue weighted by Crippen LogP contribution is -2.29. The van der Waals surface area contributed by atoms with Gasteiger partial charge in [0.1, 0.15) is 11.3 Å². The molecule has 4 aromatic rings. The number of ketones is 1. The number of hydrogen-bond acceptors (Lipinski definition) is 6. The number of aliphatic hydroxyl groups excluding tert-OH is 1. The van der Waals surface area contributed by atoms with Gasteiger partial charge in [0.05, 0.1) is 17.3 Å². The molecule has 3 aromatic heterocycles. The third-order valence-corrected chi connectivity index (χ3v) is 6.16. The van der Waals surface area contributed by atoms with Crippen molar-refractivity contribution in [2.75, 3.05) is 4.90 Å². The Balaban J connectivity index is 1.79. The smallest absolute Gasteiger partial charge is 0.301 e. The van der Waals surface area contributed by atoms with Gasteiger partial charge in [-0.2, -0.15) is 0 Å². The molecule has 0 bridgehead atoms. The Morgan fingerprint density at radius 1 is 1.10 bits per heavy atom. The first kappa shape index (κ1) is 19.2. The first-order valence-corrected chi connectivity index (χ1v) is 10.6. The highest BCUT2D eigenvalue weighted by atomic mass is 32.1. The van der Waals surface area contributed by atoms with Crippen molar-refractivity contribution in [3.63, 3.8) is 0 Å². The predicted octanol–water partition coefficient (Wildman–Crippen LogP) is 4.03. The summed E-state index contributed by atoms with van der Waals surface area (Å²) < 4.78 is 1.72. The van der Waals surface area contributed by atoms with Crippen LogP contribution in [-0.4, -0.2) is 31.2 Å². The van der Waals surface area contributed by atoms with Gasteiger partial charge in [-0.1, -0.05) is 35.9 Å². The van der Waals surface area contributed by atoms with Crippen LogP contribution in [-0.2, 0) is 9.59 Å². The number of aromatic nitrogens is 3. The molecule has 4 heterocycles. The standard InChI is InChI=1S/C23H18N4O3S/c1-13-6-8-15(9-7-13)19-17(21(29)22(30)27(19)23-24-10-12-31-23)20(28)18-14(2)25-16-5-3-4-11-26(16)18/h3-12,19,28H,1-2H3/b20-17+. The largest absolute Gasteiger partial charge is 0.505 e.